The van der Waals surface area contributed by atoms with E-state index in [2.05, 4.69) is 10.2 Å². The molecule has 1 aromatic carbocycles. The monoisotopic (exact) mass is 300 g/mol. The third-order valence-electron chi connectivity index (χ3n) is 2.01. The van der Waals surface area contributed by atoms with Gasteiger partial charge in [0.25, 0.3) is 0 Å². The van der Waals surface area contributed by atoms with Gasteiger partial charge >= 0.3 is 49.8 Å². The molecule has 1 rings (SSSR count). The molecule has 0 atom stereocenters. The Hall–Kier alpha value is -0.180. The first-order valence-corrected chi connectivity index (χ1v) is 7.62. The molecule has 1 aromatic rings. The number of hydrogen-bond acceptors (Lipinski definition) is 5. The molecule has 8 heteroatoms. The summed E-state index contributed by atoms with van der Waals surface area (Å²) in [4.78, 5) is -0.145. The van der Waals surface area contributed by atoms with Crippen LogP contribution in [0, 0.1) is 0 Å². The van der Waals surface area contributed by atoms with Crippen LogP contribution in [-0.4, -0.2) is 46.4 Å². The van der Waals surface area contributed by atoms with Crippen molar-refractivity contribution in [3.05, 3.63) is 41.8 Å². The molecular weight excluding hydrogens is 287 g/mol. The van der Waals surface area contributed by atoms with Crippen molar-refractivity contribution in [3.63, 3.8) is 0 Å². The van der Waals surface area contributed by atoms with Crippen molar-refractivity contribution < 1.29 is 20.5 Å². The van der Waals surface area contributed by atoms with Crippen molar-refractivity contribution in [2.24, 2.45) is 0 Å². The van der Waals surface area contributed by atoms with Gasteiger partial charge in [0.1, 0.15) is 0 Å². The van der Waals surface area contributed by atoms with Gasteiger partial charge < -0.3 is 0 Å². The molecule has 0 saturated carbocycles. The summed E-state index contributed by atoms with van der Waals surface area (Å²) in [6.07, 6.45) is 0.451. The van der Waals surface area contributed by atoms with E-state index in [1.165, 1.54) is 12.1 Å². The Morgan fingerprint density at radius 2 is 1.78 bits per heavy atom. The second-order valence-electron chi connectivity index (χ2n) is 3.14. The fourth-order valence-electron chi connectivity index (χ4n) is 1.23. The number of aryl methyl sites for hydroxylation is 1. The van der Waals surface area contributed by atoms with E-state index in [-0.39, 0.29) is 34.5 Å². The molecule has 0 bridgehead atoms. The molecule has 0 aliphatic rings. The fourth-order valence-corrected chi connectivity index (χ4v) is 3.52. The quantitative estimate of drug-likeness (QED) is 0.751. The van der Waals surface area contributed by atoms with Crippen LogP contribution in [0.25, 0.3) is 0 Å². The number of rotatable bonds is 5. The summed E-state index contributed by atoms with van der Waals surface area (Å²) in [5.41, 5.74) is 0.492. The van der Waals surface area contributed by atoms with Gasteiger partial charge in [0, 0.05) is 0 Å². The van der Waals surface area contributed by atoms with Gasteiger partial charge in [0.2, 0.25) is 0 Å². The summed E-state index contributed by atoms with van der Waals surface area (Å²) in [6, 6.07) is 6.05. The second kappa shape index (κ2) is 6.83. The Morgan fingerprint density at radius 3 is 2.28 bits per heavy atom. The summed E-state index contributed by atoms with van der Waals surface area (Å²) < 4.78 is 49.7. The van der Waals surface area contributed by atoms with Crippen molar-refractivity contribution in [2.75, 3.05) is 0 Å². The van der Waals surface area contributed by atoms with Gasteiger partial charge in [0.05, 0.1) is 10.3 Å². The van der Waals surface area contributed by atoms with Crippen molar-refractivity contribution in [1.29, 1.82) is 0 Å². The summed E-state index contributed by atoms with van der Waals surface area (Å²) in [7, 11) is -8.61. The first kappa shape index (κ1) is 17.8. The predicted molar refractivity (Wildman–Crippen MR) is 70.4 cm³/mol. The second-order valence-corrected chi connectivity index (χ2v) is 6.35. The topological polar surface area (TPSA) is 77.5 Å². The van der Waals surface area contributed by atoms with Crippen LogP contribution in [0.2, 0.25) is 0 Å². The third kappa shape index (κ3) is 4.49. The predicted octanol–water partition coefficient (Wildman–Crippen LogP) is 0.779. The third-order valence-corrected chi connectivity index (χ3v) is 4.83. The molecule has 0 unspecified atom stereocenters. The Labute approximate surface area is 129 Å². The first-order valence-electron chi connectivity index (χ1n) is 4.74. The molecule has 96 valence electrons. The SMILES string of the molecule is C=CS(=O)(=O)OS(=O)(=O)c1ccccc1CC.[NaH]. The van der Waals surface area contributed by atoms with E-state index in [9.17, 15) is 16.8 Å². The van der Waals surface area contributed by atoms with Crippen LogP contribution in [0.1, 0.15) is 12.5 Å². The van der Waals surface area contributed by atoms with Gasteiger partial charge in [-0.1, -0.05) is 31.7 Å². The standard InChI is InChI=1S/C10H12O5S2.Na.H/c1-3-9-7-5-6-8-10(9)17(13,14)15-16(11,12)4-2;;/h4-8H,2-3H2,1H3;;. The number of benzene rings is 1. The van der Waals surface area contributed by atoms with Crippen LogP contribution in [0.5, 0.6) is 0 Å². The molecule has 0 saturated heterocycles. The Bertz CT molecular complexity index is 619. The van der Waals surface area contributed by atoms with E-state index in [4.69, 9.17) is 0 Å². The van der Waals surface area contributed by atoms with Gasteiger partial charge in [-0.3, -0.25) is 0 Å². The van der Waals surface area contributed by atoms with E-state index < -0.39 is 20.2 Å². The van der Waals surface area contributed by atoms with Crippen LogP contribution in [0.4, 0.5) is 0 Å². The van der Waals surface area contributed by atoms with E-state index in [1.807, 2.05) is 0 Å². The first-order chi connectivity index (χ1) is 7.82. The van der Waals surface area contributed by atoms with Gasteiger partial charge in [-0.25, -0.2) is 0 Å². The molecule has 5 nitrogen and oxygen atoms in total. The zero-order valence-electron chi connectivity index (χ0n) is 9.16. The molecule has 0 fully saturated rings. The molecule has 0 spiro atoms. The molecule has 0 amide bonds. The Kier molecular flexibility index (Phi) is 6.77. The molecule has 0 N–H and O–H groups in total. The minimum absolute atomic E-state index is 0. The van der Waals surface area contributed by atoms with Crippen molar-refractivity contribution >= 4 is 49.8 Å². The van der Waals surface area contributed by atoms with Crippen LogP contribution in [0.3, 0.4) is 0 Å². The van der Waals surface area contributed by atoms with Crippen LogP contribution < -0.4 is 0 Å². The van der Waals surface area contributed by atoms with E-state index in [1.54, 1.807) is 19.1 Å². The van der Waals surface area contributed by atoms with Gasteiger partial charge in [-0.05, 0) is 18.1 Å². The zero-order valence-corrected chi connectivity index (χ0v) is 10.8. The van der Waals surface area contributed by atoms with Crippen LogP contribution >= 0.6 is 0 Å². The normalized spacial score (nSPS) is 11.6. The summed E-state index contributed by atoms with van der Waals surface area (Å²) in [5.74, 6) is 0. The molecule has 0 aromatic heterocycles. The van der Waals surface area contributed by atoms with Gasteiger partial charge in [-0.15, -0.1) is 3.63 Å². The molecule has 0 aliphatic carbocycles. The summed E-state index contributed by atoms with van der Waals surface area (Å²) >= 11 is 0. The molecule has 0 aliphatic heterocycles. The fraction of sp³-hybridized carbons (Fsp3) is 0.200. The van der Waals surface area contributed by atoms with Crippen molar-refractivity contribution in [3.8, 4) is 0 Å². The average molecular weight is 300 g/mol. The van der Waals surface area contributed by atoms with Crippen molar-refractivity contribution in [2.45, 2.75) is 18.2 Å². The van der Waals surface area contributed by atoms with E-state index in [0.717, 1.165) is 0 Å². The number of hydrogen-bond donors (Lipinski definition) is 0. The Morgan fingerprint density at radius 1 is 1.22 bits per heavy atom. The zero-order chi connectivity index (χ0) is 13.1. The van der Waals surface area contributed by atoms with Gasteiger partial charge in [0.15, 0.2) is 0 Å². The van der Waals surface area contributed by atoms with E-state index >= 15 is 0 Å². The molecule has 0 radical (unpaired) electrons. The van der Waals surface area contributed by atoms with Crippen LogP contribution in [0.15, 0.2) is 41.1 Å². The van der Waals surface area contributed by atoms with Crippen molar-refractivity contribution in [1.82, 2.24) is 0 Å². The molecule has 0 heterocycles. The van der Waals surface area contributed by atoms with Crippen LogP contribution in [-0.2, 0) is 30.3 Å². The van der Waals surface area contributed by atoms with Gasteiger partial charge in [-0.2, -0.15) is 16.8 Å². The summed E-state index contributed by atoms with van der Waals surface area (Å²) in [6.45, 7) is 4.74. The molecular formula is C10H13NaO5S2. The summed E-state index contributed by atoms with van der Waals surface area (Å²) in [5, 5.41) is 0.444. The Balaban J connectivity index is 0.00000289. The molecule has 18 heavy (non-hydrogen) atoms. The van der Waals surface area contributed by atoms with E-state index in [0.29, 0.717) is 17.4 Å². The minimum atomic E-state index is -4.33. The maximum absolute atomic E-state index is 11.7. The maximum atomic E-state index is 11.7. The average Bonchev–Trinajstić information content (AvgIpc) is 2.28.